The zero-order chi connectivity index (χ0) is 22.4. The zero-order valence-electron chi connectivity index (χ0n) is 17.0. The number of fused-ring (bicyclic) bond motifs is 2. The average molecular weight is 452 g/mol. The highest BCUT2D eigenvalue weighted by Gasteiger charge is 2.43. The van der Waals surface area contributed by atoms with E-state index >= 15 is 0 Å². The minimum absolute atomic E-state index is 0.0209. The molecule has 32 heavy (non-hydrogen) atoms. The van der Waals surface area contributed by atoms with Crippen molar-refractivity contribution in [3.05, 3.63) is 92.7 Å². The molecule has 0 fully saturated rings. The van der Waals surface area contributed by atoms with Gasteiger partial charge < -0.3 is 23.6 Å². The van der Waals surface area contributed by atoms with Crippen LogP contribution in [0.3, 0.4) is 0 Å². The van der Waals surface area contributed by atoms with Gasteiger partial charge in [-0.25, -0.2) is 0 Å². The van der Waals surface area contributed by atoms with Crippen molar-refractivity contribution in [2.45, 2.75) is 19.5 Å². The van der Waals surface area contributed by atoms with Crippen molar-refractivity contribution in [3.63, 3.8) is 0 Å². The molecule has 1 N–H and O–H groups in total. The van der Waals surface area contributed by atoms with Gasteiger partial charge in [-0.15, -0.1) is 0 Å². The summed E-state index contributed by atoms with van der Waals surface area (Å²) < 4.78 is 16.9. The van der Waals surface area contributed by atoms with Crippen LogP contribution in [0.5, 0.6) is 11.5 Å². The Labute approximate surface area is 187 Å². The van der Waals surface area contributed by atoms with Gasteiger partial charge in [0.2, 0.25) is 5.76 Å². The van der Waals surface area contributed by atoms with Gasteiger partial charge in [-0.2, -0.15) is 0 Å². The van der Waals surface area contributed by atoms with Crippen molar-refractivity contribution in [2.75, 3.05) is 6.61 Å². The summed E-state index contributed by atoms with van der Waals surface area (Å²) in [6, 6.07) is 12.2. The molecule has 2 aromatic heterocycles. The number of phenolic OH excluding ortho intramolecular Hbond substituents is 1. The Morgan fingerprint density at radius 2 is 2.00 bits per heavy atom. The lowest BCUT2D eigenvalue weighted by Crippen LogP contribution is -2.29. The summed E-state index contributed by atoms with van der Waals surface area (Å²) in [5.74, 6) is 0.334. The van der Waals surface area contributed by atoms with Gasteiger partial charge >= 0.3 is 0 Å². The highest BCUT2D eigenvalue weighted by Crippen LogP contribution is 2.41. The minimum Gasteiger partial charge on any atom is -0.504 e. The maximum absolute atomic E-state index is 13.5. The summed E-state index contributed by atoms with van der Waals surface area (Å²) in [6.07, 6.45) is 1.52. The van der Waals surface area contributed by atoms with Gasteiger partial charge in [0.15, 0.2) is 16.9 Å². The number of hydrogen-bond donors (Lipinski definition) is 1. The van der Waals surface area contributed by atoms with Crippen LogP contribution in [0.4, 0.5) is 0 Å². The molecule has 0 aliphatic carbocycles. The maximum Gasteiger partial charge on any atom is 0.291 e. The van der Waals surface area contributed by atoms with Crippen LogP contribution >= 0.6 is 11.6 Å². The molecular weight excluding hydrogens is 434 g/mol. The number of nitrogens with zero attached hydrogens (tertiary/aromatic N) is 1. The second-order valence-electron chi connectivity index (χ2n) is 7.39. The fraction of sp³-hybridized carbons (Fsp3) is 0.167. The number of ether oxygens (including phenoxy) is 1. The van der Waals surface area contributed by atoms with Gasteiger partial charge in [0.25, 0.3) is 5.91 Å². The largest absolute Gasteiger partial charge is 0.504 e. The highest BCUT2D eigenvalue weighted by molar-refractivity contribution is 6.31. The molecule has 1 atom stereocenters. The second-order valence-corrected chi connectivity index (χ2v) is 7.83. The van der Waals surface area contributed by atoms with Gasteiger partial charge in [-0.3, -0.25) is 9.59 Å². The number of carbonyl (C=O) groups is 1. The van der Waals surface area contributed by atoms with E-state index in [0.717, 1.165) is 0 Å². The van der Waals surface area contributed by atoms with E-state index in [2.05, 4.69) is 0 Å². The van der Waals surface area contributed by atoms with Crippen molar-refractivity contribution in [3.8, 4) is 11.5 Å². The lowest BCUT2D eigenvalue weighted by Gasteiger charge is -2.24. The van der Waals surface area contributed by atoms with Gasteiger partial charge in [-0.1, -0.05) is 17.7 Å². The normalized spacial score (nSPS) is 15.4. The average Bonchev–Trinajstić information content (AvgIpc) is 3.38. The van der Waals surface area contributed by atoms with E-state index in [9.17, 15) is 14.7 Å². The molecule has 0 saturated heterocycles. The first-order valence-electron chi connectivity index (χ1n) is 10.0. The van der Waals surface area contributed by atoms with Crippen molar-refractivity contribution >= 4 is 28.5 Å². The number of phenols is 1. The van der Waals surface area contributed by atoms with Crippen LogP contribution in [0.25, 0.3) is 11.0 Å². The molecule has 3 heterocycles. The van der Waals surface area contributed by atoms with Crippen molar-refractivity contribution in [1.82, 2.24) is 4.90 Å². The fourth-order valence-corrected chi connectivity index (χ4v) is 4.22. The van der Waals surface area contributed by atoms with E-state index in [1.165, 1.54) is 23.3 Å². The molecule has 4 aromatic rings. The molecule has 1 aliphatic heterocycles. The van der Waals surface area contributed by atoms with Crippen molar-refractivity contribution < 1.29 is 23.5 Å². The maximum atomic E-state index is 13.5. The Bertz CT molecular complexity index is 1390. The minimum atomic E-state index is -0.762. The summed E-state index contributed by atoms with van der Waals surface area (Å²) in [6.45, 7) is 2.27. The number of rotatable bonds is 5. The molecule has 0 saturated carbocycles. The smallest absolute Gasteiger partial charge is 0.291 e. The third-order valence-corrected chi connectivity index (χ3v) is 5.67. The van der Waals surface area contributed by atoms with E-state index in [4.69, 9.17) is 25.2 Å². The SMILES string of the molecule is CCOc1cc(C2c3c(oc4ccc(Cl)cc4c3=O)C(=O)N2Cc2ccco2)ccc1O. The van der Waals surface area contributed by atoms with Crippen LogP contribution in [-0.4, -0.2) is 22.5 Å². The van der Waals surface area contributed by atoms with Gasteiger partial charge in [0, 0.05) is 5.02 Å². The molecule has 8 heteroatoms. The van der Waals surface area contributed by atoms with Crippen LogP contribution in [0.2, 0.25) is 5.02 Å². The summed E-state index contributed by atoms with van der Waals surface area (Å²) in [7, 11) is 0. The first kappa shape index (κ1) is 20.2. The number of benzene rings is 2. The second kappa shape index (κ2) is 7.76. The summed E-state index contributed by atoms with van der Waals surface area (Å²) in [4.78, 5) is 28.4. The zero-order valence-corrected chi connectivity index (χ0v) is 17.8. The number of aromatic hydroxyl groups is 1. The van der Waals surface area contributed by atoms with E-state index in [1.807, 2.05) is 0 Å². The Morgan fingerprint density at radius 3 is 2.75 bits per heavy atom. The molecule has 1 amide bonds. The number of amides is 1. The topological polar surface area (TPSA) is 93.1 Å². The first-order valence-corrected chi connectivity index (χ1v) is 10.4. The molecule has 2 aromatic carbocycles. The monoisotopic (exact) mass is 451 g/mol. The third-order valence-electron chi connectivity index (χ3n) is 5.43. The van der Waals surface area contributed by atoms with Crippen LogP contribution in [0, 0.1) is 0 Å². The molecule has 0 radical (unpaired) electrons. The molecule has 1 unspecified atom stereocenters. The van der Waals surface area contributed by atoms with E-state index in [1.54, 1.807) is 43.3 Å². The van der Waals surface area contributed by atoms with Crippen LogP contribution in [-0.2, 0) is 6.54 Å². The molecule has 1 aliphatic rings. The van der Waals surface area contributed by atoms with Crippen LogP contribution in [0.1, 0.15) is 40.4 Å². The Hall–Kier alpha value is -3.71. The number of furan rings is 1. The van der Waals surface area contributed by atoms with Crippen LogP contribution < -0.4 is 10.2 Å². The number of hydrogen-bond acceptors (Lipinski definition) is 6. The third kappa shape index (κ3) is 3.22. The fourth-order valence-electron chi connectivity index (χ4n) is 4.04. The molecule has 162 valence electrons. The molecular formula is C24H18ClNO6. The van der Waals surface area contributed by atoms with Crippen molar-refractivity contribution in [2.24, 2.45) is 0 Å². The Balaban J connectivity index is 1.74. The first-order chi connectivity index (χ1) is 15.5. The van der Waals surface area contributed by atoms with Crippen LogP contribution in [0.15, 0.2) is 68.4 Å². The van der Waals surface area contributed by atoms with Crippen molar-refractivity contribution in [1.29, 1.82) is 0 Å². The standard InChI is InChI=1S/C24H18ClNO6/c1-2-30-19-10-13(5-7-17(19)27)21-20-22(28)16-11-14(25)6-8-18(16)32-23(20)24(29)26(21)12-15-4-3-9-31-15/h3-11,21,27H,2,12H2,1H3. The van der Waals surface area contributed by atoms with Gasteiger partial charge in [0.05, 0.1) is 36.4 Å². The van der Waals surface area contributed by atoms with Gasteiger partial charge in [-0.05, 0) is 55.0 Å². The quantitative estimate of drug-likeness (QED) is 0.464. The summed E-state index contributed by atoms with van der Waals surface area (Å²) in [5, 5.41) is 10.8. The predicted octanol–water partition coefficient (Wildman–Crippen LogP) is 4.89. The number of halogens is 1. The number of carbonyl (C=O) groups excluding carboxylic acids is 1. The van der Waals surface area contributed by atoms with Gasteiger partial charge in [0.1, 0.15) is 11.3 Å². The Morgan fingerprint density at radius 1 is 1.16 bits per heavy atom. The Kier molecular flexibility index (Phi) is 4.90. The lowest BCUT2D eigenvalue weighted by atomic mass is 9.98. The predicted molar refractivity (Wildman–Crippen MR) is 117 cm³/mol. The van der Waals surface area contributed by atoms with E-state index < -0.39 is 11.9 Å². The molecule has 5 rings (SSSR count). The highest BCUT2D eigenvalue weighted by atomic mass is 35.5. The van der Waals surface area contributed by atoms with E-state index in [-0.39, 0.29) is 45.8 Å². The van der Waals surface area contributed by atoms with E-state index in [0.29, 0.717) is 23.0 Å². The molecule has 7 nitrogen and oxygen atoms in total. The summed E-state index contributed by atoms with van der Waals surface area (Å²) >= 11 is 6.11. The molecule has 0 bridgehead atoms. The summed E-state index contributed by atoms with van der Waals surface area (Å²) in [5.41, 5.74) is 0.754. The lowest BCUT2D eigenvalue weighted by molar-refractivity contribution is 0.0701. The molecule has 0 spiro atoms.